The summed E-state index contributed by atoms with van der Waals surface area (Å²) in [7, 11) is 1.86. The average molecular weight is 357 g/mol. The normalized spacial score (nSPS) is 26.4. The first-order valence-electron chi connectivity index (χ1n) is 7.68. The van der Waals surface area contributed by atoms with Crippen LogP contribution < -0.4 is 5.32 Å². The van der Waals surface area contributed by atoms with Crippen LogP contribution in [0.4, 0.5) is 0 Å². The van der Waals surface area contributed by atoms with Crippen LogP contribution in [0.25, 0.3) is 0 Å². The molecule has 23 heavy (non-hydrogen) atoms. The summed E-state index contributed by atoms with van der Waals surface area (Å²) < 4.78 is 2.35. The second kappa shape index (κ2) is 6.86. The highest BCUT2D eigenvalue weighted by molar-refractivity contribution is 7.16. The monoisotopic (exact) mass is 356 g/mol. The molecule has 6 nitrogen and oxygen atoms in total. The fraction of sp³-hybridized carbons (Fsp3) is 0.600. The fourth-order valence-electron chi connectivity index (χ4n) is 3.30. The van der Waals surface area contributed by atoms with Crippen molar-refractivity contribution in [1.29, 1.82) is 0 Å². The molecule has 0 amide bonds. The van der Waals surface area contributed by atoms with E-state index in [0.29, 0.717) is 10.4 Å². The Hall–Kier alpha value is -0.990. The van der Waals surface area contributed by atoms with Crippen molar-refractivity contribution >= 4 is 22.9 Å². The number of aliphatic hydroxyl groups excluding tert-OH is 2. The minimum Gasteiger partial charge on any atom is -0.393 e. The van der Waals surface area contributed by atoms with Gasteiger partial charge in [0.1, 0.15) is 6.10 Å². The predicted molar refractivity (Wildman–Crippen MR) is 89.7 cm³/mol. The van der Waals surface area contributed by atoms with E-state index in [1.807, 2.05) is 13.2 Å². The molecule has 0 aliphatic carbocycles. The van der Waals surface area contributed by atoms with Gasteiger partial charge in [-0.3, -0.25) is 4.68 Å². The van der Waals surface area contributed by atoms with Crippen LogP contribution >= 0.6 is 22.9 Å². The number of aryl methyl sites for hydroxylation is 1. The first kappa shape index (κ1) is 16.9. The molecule has 3 rings (SSSR count). The van der Waals surface area contributed by atoms with Crippen molar-refractivity contribution in [3.63, 3.8) is 0 Å². The number of thiophene rings is 1. The van der Waals surface area contributed by atoms with Crippen LogP contribution in [-0.4, -0.2) is 37.9 Å². The Bertz CT molecular complexity index is 674. The van der Waals surface area contributed by atoms with Crippen LogP contribution in [0.5, 0.6) is 0 Å². The van der Waals surface area contributed by atoms with Crippen molar-refractivity contribution in [2.75, 3.05) is 6.61 Å². The third-order valence-corrected chi connectivity index (χ3v) is 5.73. The molecular formula is C15H21ClN4O2S. The number of nitrogens with zero attached hydrogens (tertiary/aromatic N) is 3. The summed E-state index contributed by atoms with van der Waals surface area (Å²) >= 11 is 7.66. The zero-order chi connectivity index (χ0) is 16.6. The van der Waals surface area contributed by atoms with Gasteiger partial charge in [0.05, 0.1) is 22.7 Å². The van der Waals surface area contributed by atoms with Gasteiger partial charge in [0.25, 0.3) is 0 Å². The Labute approximate surface area is 144 Å². The maximum absolute atomic E-state index is 10.1. The molecule has 1 aliphatic rings. The number of aromatic nitrogens is 3. The predicted octanol–water partition coefficient (Wildman–Crippen LogP) is 2.15. The molecule has 0 radical (unpaired) electrons. The van der Waals surface area contributed by atoms with Crippen molar-refractivity contribution in [2.24, 2.45) is 7.05 Å². The van der Waals surface area contributed by atoms with Crippen LogP contribution in [0, 0.1) is 0 Å². The van der Waals surface area contributed by atoms with Crippen molar-refractivity contribution < 1.29 is 10.2 Å². The molecular weight excluding hydrogens is 336 g/mol. The Balaban J connectivity index is 1.87. The number of aliphatic hydroxyl groups is 2. The molecule has 1 fully saturated rings. The lowest BCUT2D eigenvalue weighted by atomic mass is 9.84. The van der Waals surface area contributed by atoms with Gasteiger partial charge in [-0.1, -0.05) is 16.8 Å². The van der Waals surface area contributed by atoms with Gasteiger partial charge in [-0.05, 0) is 37.3 Å². The molecule has 1 saturated heterocycles. The van der Waals surface area contributed by atoms with Gasteiger partial charge in [0, 0.05) is 24.2 Å². The van der Waals surface area contributed by atoms with Crippen LogP contribution in [-0.2, 0) is 7.05 Å². The standard InChI is InChI=1S/C15H21ClN4O2S/c1-8-3-9(4-11(17-8)12-6-20(2)19-18-12)15-10(13(22)7-21)5-14(16)23-15/h5-6,8-9,11,13,17,21-22H,3-4,7H2,1-2H3/t8-,9?,11-,13+/m0/s1. The lowest BCUT2D eigenvalue weighted by Crippen LogP contribution is -2.38. The Morgan fingerprint density at radius 1 is 1.52 bits per heavy atom. The summed E-state index contributed by atoms with van der Waals surface area (Å²) in [6.07, 6.45) is 2.87. The molecule has 1 unspecified atom stereocenters. The van der Waals surface area contributed by atoms with E-state index < -0.39 is 6.10 Å². The van der Waals surface area contributed by atoms with Crippen molar-refractivity contribution in [1.82, 2.24) is 20.3 Å². The first-order valence-corrected chi connectivity index (χ1v) is 8.87. The van der Waals surface area contributed by atoms with Gasteiger partial charge in [-0.25, -0.2) is 0 Å². The van der Waals surface area contributed by atoms with Gasteiger partial charge in [-0.2, -0.15) is 0 Å². The van der Waals surface area contributed by atoms with Crippen LogP contribution in [0.15, 0.2) is 12.3 Å². The summed E-state index contributed by atoms with van der Waals surface area (Å²) in [5.74, 6) is 0.270. The van der Waals surface area contributed by atoms with Crippen molar-refractivity contribution in [3.05, 3.63) is 32.7 Å². The molecule has 2 aromatic rings. The maximum atomic E-state index is 10.1. The SMILES string of the molecule is C[C@H]1CC(c2sc(Cl)cc2[C@H](O)CO)C[C@@H](c2cn(C)nn2)N1. The zero-order valence-electron chi connectivity index (χ0n) is 13.1. The summed E-state index contributed by atoms with van der Waals surface area (Å²) in [5.41, 5.74) is 1.68. The van der Waals surface area contributed by atoms with E-state index in [4.69, 9.17) is 11.6 Å². The molecule has 0 saturated carbocycles. The number of rotatable bonds is 4. The van der Waals surface area contributed by atoms with Crippen molar-refractivity contribution in [2.45, 2.75) is 43.9 Å². The summed E-state index contributed by atoms with van der Waals surface area (Å²) in [6.45, 7) is 1.85. The highest BCUT2D eigenvalue weighted by Crippen LogP contribution is 2.43. The Morgan fingerprint density at radius 2 is 2.30 bits per heavy atom. The number of piperidine rings is 1. The van der Waals surface area contributed by atoms with E-state index in [1.165, 1.54) is 11.3 Å². The topological polar surface area (TPSA) is 83.2 Å². The largest absolute Gasteiger partial charge is 0.393 e. The van der Waals surface area contributed by atoms with E-state index in [9.17, 15) is 10.2 Å². The first-order chi connectivity index (χ1) is 11.0. The lowest BCUT2D eigenvalue weighted by molar-refractivity contribution is 0.0946. The highest BCUT2D eigenvalue weighted by Gasteiger charge is 2.32. The van der Waals surface area contributed by atoms with E-state index in [0.717, 1.165) is 29.0 Å². The van der Waals surface area contributed by atoms with Gasteiger partial charge >= 0.3 is 0 Å². The van der Waals surface area contributed by atoms with E-state index in [2.05, 4.69) is 22.6 Å². The summed E-state index contributed by atoms with van der Waals surface area (Å²) in [6, 6.07) is 2.21. The third kappa shape index (κ3) is 3.59. The zero-order valence-corrected chi connectivity index (χ0v) is 14.7. The third-order valence-electron chi connectivity index (χ3n) is 4.29. The van der Waals surface area contributed by atoms with Gasteiger partial charge in [-0.15, -0.1) is 16.4 Å². The molecule has 4 atom stereocenters. The number of halogens is 1. The van der Waals surface area contributed by atoms with E-state index >= 15 is 0 Å². The second-order valence-corrected chi connectivity index (χ2v) is 7.89. The quantitative estimate of drug-likeness (QED) is 0.781. The van der Waals surface area contributed by atoms with Crippen LogP contribution in [0.3, 0.4) is 0 Å². The number of hydrogen-bond donors (Lipinski definition) is 3. The van der Waals surface area contributed by atoms with Gasteiger partial charge in [0.15, 0.2) is 0 Å². The van der Waals surface area contributed by atoms with Crippen LogP contribution in [0.1, 0.15) is 54.0 Å². The fourth-order valence-corrected chi connectivity index (χ4v) is 4.73. The minimum atomic E-state index is -0.881. The van der Waals surface area contributed by atoms with Gasteiger partial charge in [0.2, 0.25) is 0 Å². The molecule has 0 spiro atoms. The molecule has 1 aliphatic heterocycles. The van der Waals surface area contributed by atoms with Crippen LogP contribution in [0.2, 0.25) is 4.34 Å². The molecule has 8 heteroatoms. The summed E-state index contributed by atoms with van der Waals surface area (Å²) in [4.78, 5) is 1.07. The molecule has 0 bridgehead atoms. The van der Waals surface area contributed by atoms with E-state index in [1.54, 1.807) is 10.7 Å². The van der Waals surface area contributed by atoms with E-state index in [-0.39, 0.29) is 18.6 Å². The van der Waals surface area contributed by atoms with Gasteiger partial charge < -0.3 is 15.5 Å². The smallest absolute Gasteiger partial charge is 0.103 e. The molecule has 126 valence electrons. The number of nitrogens with one attached hydrogen (secondary N) is 1. The molecule has 0 aromatic carbocycles. The van der Waals surface area contributed by atoms with Crippen molar-refractivity contribution in [3.8, 4) is 0 Å². The number of hydrogen-bond acceptors (Lipinski definition) is 6. The average Bonchev–Trinajstić information content (AvgIpc) is 3.12. The minimum absolute atomic E-state index is 0.123. The Morgan fingerprint density at radius 3 is 2.96 bits per heavy atom. The Kier molecular flexibility index (Phi) is 5.03. The lowest BCUT2D eigenvalue weighted by Gasteiger charge is -2.34. The summed E-state index contributed by atoms with van der Waals surface area (Å²) in [5, 5.41) is 31.1. The molecule has 2 aromatic heterocycles. The second-order valence-electron chi connectivity index (χ2n) is 6.17. The molecule has 3 heterocycles. The highest BCUT2D eigenvalue weighted by atomic mass is 35.5. The molecule has 3 N–H and O–H groups in total. The maximum Gasteiger partial charge on any atom is 0.103 e.